The average molecular weight is 656 g/mol. The first kappa shape index (κ1) is 25.3. The molecular weight excluding hydrogens is 632 g/mol. The second kappa shape index (κ2) is 10.1. The molecule has 4 aromatic rings. The van der Waals surface area contributed by atoms with Crippen LogP contribution >= 0.6 is 31.9 Å². The highest BCUT2D eigenvalue weighted by atomic mass is 79.9. The van der Waals surface area contributed by atoms with E-state index in [1.165, 1.54) is 27.3 Å². The molecule has 4 aliphatic rings. The maximum absolute atomic E-state index is 13.7. The monoisotopic (exact) mass is 654 g/mol. The maximum atomic E-state index is 13.7. The molecule has 1 fully saturated rings. The Morgan fingerprint density at radius 2 is 1.30 bits per heavy atom. The number of benzene rings is 4. The van der Waals surface area contributed by atoms with Crippen LogP contribution in [0.25, 0.3) is 6.08 Å². The first-order valence-electron chi connectivity index (χ1n) is 13.2. The fraction of sp³-hybridized carbons (Fsp3) is 0.152. The largest absolute Gasteiger partial charge is 0.488 e. The van der Waals surface area contributed by atoms with Crippen LogP contribution in [0.15, 0.2) is 106 Å². The van der Waals surface area contributed by atoms with Gasteiger partial charge in [0.25, 0.3) is 11.8 Å². The van der Waals surface area contributed by atoms with Gasteiger partial charge in [0, 0.05) is 22.5 Å². The van der Waals surface area contributed by atoms with Crippen molar-refractivity contribution >= 4 is 49.8 Å². The fourth-order valence-electron chi connectivity index (χ4n) is 6.49. The molecule has 8 rings (SSSR count). The van der Waals surface area contributed by atoms with Crippen molar-refractivity contribution in [2.45, 2.75) is 18.4 Å². The predicted molar refractivity (Wildman–Crippen MR) is 160 cm³/mol. The SMILES string of the molecule is O=C1[C@@H]2C3c4ccccc4C(c4ccccc43)[C@H]2C(=O)N1N/C=C/c1ccc(OCc2ccc(Br)cc2)c(Br)c1. The molecule has 7 heteroatoms. The number of imide groups is 1. The van der Waals surface area contributed by atoms with Gasteiger partial charge in [-0.25, -0.2) is 0 Å². The van der Waals surface area contributed by atoms with Crippen molar-refractivity contribution in [2.75, 3.05) is 0 Å². The molecule has 5 nitrogen and oxygen atoms in total. The van der Waals surface area contributed by atoms with Crippen LogP contribution in [-0.4, -0.2) is 16.8 Å². The molecule has 1 saturated heterocycles. The van der Waals surface area contributed by atoms with Gasteiger partial charge in [0.1, 0.15) is 12.4 Å². The normalized spacial score (nSPS) is 22.3. The molecule has 4 aromatic carbocycles. The number of carbonyl (C=O) groups is 2. The van der Waals surface area contributed by atoms with Crippen LogP contribution < -0.4 is 10.2 Å². The molecular formula is C33H24Br2N2O3. The summed E-state index contributed by atoms with van der Waals surface area (Å²) in [5, 5.41) is 1.22. The highest BCUT2D eigenvalue weighted by molar-refractivity contribution is 9.10. The van der Waals surface area contributed by atoms with Gasteiger partial charge in [-0.05, 0) is 79.7 Å². The zero-order valence-electron chi connectivity index (χ0n) is 21.3. The van der Waals surface area contributed by atoms with Gasteiger partial charge in [0.15, 0.2) is 0 Å². The van der Waals surface area contributed by atoms with Crippen LogP contribution in [0.5, 0.6) is 5.75 Å². The minimum atomic E-state index is -0.403. The van der Waals surface area contributed by atoms with Crippen LogP contribution in [0.2, 0.25) is 0 Å². The molecule has 1 N–H and O–H groups in total. The van der Waals surface area contributed by atoms with Gasteiger partial charge in [-0.3, -0.25) is 15.0 Å². The summed E-state index contributed by atoms with van der Waals surface area (Å²) in [5.41, 5.74) is 9.63. The minimum absolute atomic E-state index is 0.115. The summed E-state index contributed by atoms with van der Waals surface area (Å²) in [4.78, 5) is 27.4. The second-order valence-corrected chi connectivity index (χ2v) is 12.1. The van der Waals surface area contributed by atoms with Gasteiger partial charge >= 0.3 is 0 Å². The standard InChI is InChI=1S/C33H24Br2N2O3/c34-21-12-9-20(10-13-21)18-40-27-14-11-19(17-26(27)35)15-16-36-37-32(38)30-28-22-5-1-2-6-23(22)29(31(30)33(37)39)25-8-4-3-7-24(25)28/h1-17,28-31,36H,18H2/b16-15+/t28?,29?,30-,31-/m1/s1. The number of carbonyl (C=O) groups excluding carboxylic acids is 2. The van der Waals surface area contributed by atoms with Gasteiger partial charge in [-0.15, -0.1) is 0 Å². The van der Waals surface area contributed by atoms with Crippen molar-refractivity contribution in [1.82, 2.24) is 10.4 Å². The third kappa shape index (κ3) is 4.11. The van der Waals surface area contributed by atoms with Crippen molar-refractivity contribution in [3.8, 4) is 5.75 Å². The molecule has 1 heterocycles. The lowest BCUT2D eigenvalue weighted by Crippen LogP contribution is -2.41. The Bertz CT molecular complexity index is 1570. The highest BCUT2D eigenvalue weighted by Crippen LogP contribution is 2.60. The van der Waals surface area contributed by atoms with E-state index in [1.807, 2.05) is 72.8 Å². The molecule has 2 bridgehead atoms. The Morgan fingerprint density at radius 1 is 0.750 bits per heavy atom. The summed E-state index contributed by atoms with van der Waals surface area (Å²) in [5.74, 6) is -0.644. The lowest BCUT2D eigenvalue weighted by molar-refractivity contribution is -0.142. The highest BCUT2D eigenvalue weighted by Gasteiger charge is 2.61. The lowest BCUT2D eigenvalue weighted by atomic mass is 9.55. The summed E-state index contributed by atoms with van der Waals surface area (Å²) in [6.07, 6.45) is 3.49. The van der Waals surface area contributed by atoms with Gasteiger partial charge in [0.05, 0.1) is 16.3 Å². The Balaban J connectivity index is 1.08. The molecule has 2 atom stereocenters. The van der Waals surface area contributed by atoms with Crippen LogP contribution in [0, 0.1) is 11.8 Å². The first-order chi connectivity index (χ1) is 19.5. The molecule has 40 heavy (non-hydrogen) atoms. The van der Waals surface area contributed by atoms with Crippen LogP contribution in [0.1, 0.15) is 45.2 Å². The summed E-state index contributed by atoms with van der Waals surface area (Å²) in [6, 6.07) is 30.3. The van der Waals surface area contributed by atoms with Crippen LogP contribution in [0.3, 0.4) is 0 Å². The van der Waals surface area contributed by atoms with E-state index in [4.69, 9.17) is 4.74 Å². The number of hydrazine groups is 1. The smallest absolute Gasteiger partial charge is 0.253 e. The van der Waals surface area contributed by atoms with E-state index in [9.17, 15) is 9.59 Å². The molecule has 1 aliphatic heterocycles. The molecule has 3 aliphatic carbocycles. The Hall–Kier alpha value is -3.68. The molecule has 0 aromatic heterocycles. The number of halogens is 2. The molecule has 198 valence electrons. The zero-order chi connectivity index (χ0) is 27.4. The quantitative estimate of drug-likeness (QED) is 0.224. The number of nitrogens with zero attached hydrogens (tertiary/aromatic N) is 1. The summed E-state index contributed by atoms with van der Waals surface area (Å²) in [7, 11) is 0. The van der Waals surface area contributed by atoms with Gasteiger partial charge in [-0.1, -0.05) is 82.7 Å². The third-order valence-corrected chi connectivity index (χ3v) is 9.34. The molecule has 2 amide bonds. The number of rotatable bonds is 6. The Labute approximate surface area is 249 Å². The van der Waals surface area contributed by atoms with Crippen molar-refractivity contribution in [3.05, 3.63) is 140 Å². The van der Waals surface area contributed by atoms with E-state index in [0.29, 0.717) is 6.61 Å². The number of nitrogens with one attached hydrogen (secondary N) is 1. The molecule has 0 unspecified atom stereocenters. The van der Waals surface area contributed by atoms with E-state index in [-0.39, 0.29) is 23.7 Å². The van der Waals surface area contributed by atoms with Crippen LogP contribution in [-0.2, 0) is 16.2 Å². The Morgan fingerprint density at radius 3 is 1.82 bits per heavy atom. The van der Waals surface area contributed by atoms with Gasteiger partial charge < -0.3 is 4.74 Å². The van der Waals surface area contributed by atoms with E-state index >= 15 is 0 Å². The fourth-order valence-corrected chi connectivity index (χ4v) is 7.27. The minimum Gasteiger partial charge on any atom is -0.488 e. The topological polar surface area (TPSA) is 58.6 Å². The number of ether oxygens (including phenoxy) is 1. The summed E-state index contributed by atoms with van der Waals surface area (Å²) >= 11 is 7.04. The van der Waals surface area contributed by atoms with Gasteiger partial charge in [-0.2, -0.15) is 5.01 Å². The zero-order valence-corrected chi connectivity index (χ0v) is 24.4. The predicted octanol–water partition coefficient (Wildman–Crippen LogP) is 7.16. The van der Waals surface area contributed by atoms with Gasteiger partial charge in [0.2, 0.25) is 0 Å². The van der Waals surface area contributed by atoms with Crippen molar-refractivity contribution in [2.24, 2.45) is 11.8 Å². The van der Waals surface area contributed by atoms with E-state index in [0.717, 1.165) is 25.8 Å². The van der Waals surface area contributed by atoms with E-state index < -0.39 is 11.8 Å². The van der Waals surface area contributed by atoms with Crippen molar-refractivity contribution in [3.63, 3.8) is 0 Å². The number of amides is 2. The maximum Gasteiger partial charge on any atom is 0.253 e. The van der Waals surface area contributed by atoms with Crippen molar-refractivity contribution < 1.29 is 14.3 Å². The average Bonchev–Trinajstić information content (AvgIpc) is 3.23. The number of hydrogen-bond donors (Lipinski definition) is 1. The first-order valence-corrected chi connectivity index (χ1v) is 14.7. The van der Waals surface area contributed by atoms with Crippen molar-refractivity contribution in [1.29, 1.82) is 0 Å². The summed E-state index contributed by atoms with van der Waals surface area (Å²) in [6.45, 7) is 0.458. The molecule has 0 saturated carbocycles. The molecule has 0 radical (unpaired) electrons. The lowest BCUT2D eigenvalue weighted by Gasteiger charge is -2.45. The van der Waals surface area contributed by atoms with E-state index in [2.05, 4.69) is 61.6 Å². The van der Waals surface area contributed by atoms with Crippen LogP contribution in [0.4, 0.5) is 0 Å². The molecule has 0 spiro atoms. The summed E-state index contributed by atoms with van der Waals surface area (Å²) < 4.78 is 7.81. The second-order valence-electron chi connectivity index (χ2n) is 10.3. The third-order valence-electron chi connectivity index (χ3n) is 8.19. The van der Waals surface area contributed by atoms with E-state index in [1.54, 1.807) is 6.20 Å². The number of hydrogen-bond acceptors (Lipinski definition) is 4. The Kier molecular flexibility index (Phi) is 6.36.